The van der Waals surface area contributed by atoms with Crippen LogP contribution in [0.1, 0.15) is 28.4 Å². The Labute approximate surface area is 272 Å². The first-order valence-electron chi connectivity index (χ1n) is 15.0. The molecular weight excluding hydrogens is 666 g/mol. The number of hydrogen-bond donors (Lipinski definition) is 1. The molecule has 0 aliphatic carbocycles. The molecule has 1 fully saturated rings. The summed E-state index contributed by atoms with van der Waals surface area (Å²) in [6, 6.07) is 2.74. The van der Waals surface area contributed by atoms with Crippen LogP contribution in [0, 0.1) is 0 Å². The van der Waals surface area contributed by atoms with Crippen LogP contribution in [0.5, 0.6) is 0 Å². The largest absolute Gasteiger partial charge is 0.423 e. The monoisotopic (exact) mass is 702 g/mol. The number of halogens is 6. The number of nitrogens with zero attached hydrogens (tertiary/aromatic N) is 7. The molecule has 0 bridgehead atoms. The smallest absolute Gasteiger partial charge is 0.379 e. The van der Waals surface area contributed by atoms with Gasteiger partial charge in [-0.15, -0.1) is 0 Å². The molecule has 0 aromatic carbocycles. The van der Waals surface area contributed by atoms with Gasteiger partial charge in [0.2, 0.25) is 5.95 Å². The van der Waals surface area contributed by atoms with E-state index in [2.05, 4.69) is 40.0 Å². The molecule has 19 heteroatoms. The number of carbonyl (C=O) groups is 1. The Hall–Kier alpha value is -4.26. The normalized spacial score (nSPS) is 15.0. The minimum Gasteiger partial charge on any atom is -0.379 e. The molecule has 4 rings (SSSR count). The van der Waals surface area contributed by atoms with Gasteiger partial charge in [0.1, 0.15) is 17.9 Å². The van der Waals surface area contributed by atoms with Gasteiger partial charge in [0.05, 0.1) is 17.4 Å². The average molecular weight is 703 g/mol. The maximum atomic E-state index is 14.0. The highest BCUT2D eigenvalue weighted by molar-refractivity contribution is 6.76. The molecule has 1 unspecified atom stereocenters. The lowest BCUT2D eigenvalue weighted by molar-refractivity contribution is -0.139. The summed E-state index contributed by atoms with van der Waals surface area (Å²) < 4.78 is 87.7. The Kier molecular flexibility index (Phi) is 11.0. The van der Waals surface area contributed by atoms with Crippen molar-refractivity contribution in [1.82, 2.24) is 29.2 Å². The van der Waals surface area contributed by atoms with Gasteiger partial charge in [0.15, 0.2) is 0 Å². The fourth-order valence-electron chi connectivity index (χ4n) is 4.85. The van der Waals surface area contributed by atoms with E-state index in [0.29, 0.717) is 17.1 Å². The topological polar surface area (TPSA) is 127 Å². The van der Waals surface area contributed by atoms with E-state index in [4.69, 9.17) is 4.74 Å². The maximum Gasteiger partial charge on any atom is 0.423 e. The van der Waals surface area contributed by atoms with E-state index in [1.165, 1.54) is 34.7 Å². The fraction of sp³-hybridized carbons (Fsp3) is 0.517. The van der Waals surface area contributed by atoms with Gasteiger partial charge in [0, 0.05) is 72.0 Å². The molecule has 262 valence electrons. The fourth-order valence-corrected chi connectivity index (χ4v) is 5.61. The molecule has 1 saturated heterocycles. The van der Waals surface area contributed by atoms with E-state index in [9.17, 15) is 40.7 Å². The van der Waals surface area contributed by atoms with Gasteiger partial charge in [-0.05, 0) is 25.1 Å². The van der Waals surface area contributed by atoms with Crippen LogP contribution in [0.4, 0.5) is 38.0 Å². The number of carbonyl (C=O) groups excluding carboxylic acids is 1. The molecule has 0 saturated carbocycles. The highest BCUT2D eigenvalue weighted by Crippen LogP contribution is 2.32. The van der Waals surface area contributed by atoms with Gasteiger partial charge in [0.25, 0.3) is 17.0 Å². The van der Waals surface area contributed by atoms with E-state index < -0.39 is 67.0 Å². The molecule has 1 atom stereocenters. The summed E-state index contributed by atoms with van der Waals surface area (Å²) in [5.41, 5.74) is -5.21. The van der Waals surface area contributed by atoms with Crippen LogP contribution in [0.25, 0.3) is 0 Å². The minimum atomic E-state index is -5.01. The molecule has 4 heterocycles. The summed E-state index contributed by atoms with van der Waals surface area (Å²) in [6.07, 6.45) is -5.94. The van der Waals surface area contributed by atoms with Gasteiger partial charge in [-0.25, -0.2) is 14.6 Å². The van der Waals surface area contributed by atoms with Crippen molar-refractivity contribution in [3.63, 3.8) is 0 Å². The second kappa shape index (κ2) is 14.5. The molecule has 48 heavy (non-hydrogen) atoms. The van der Waals surface area contributed by atoms with Crippen molar-refractivity contribution in [3.8, 4) is 0 Å². The van der Waals surface area contributed by atoms with E-state index in [-0.39, 0.29) is 50.8 Å². The third kappa shape index (κ3) is 9.21. The first-order valence-corrected chi connectivity index (χ1v) is 18.7. The molecule has 1 aliphatic heterocycles. The quantitative estimate of drug-likeness (QED) is 0.179. The minimum absolute atomic E-state index is 0.0747. The van der Waals surface area contributed by atoms with Crippen molar-refractivity contribution in [2.75, 3.05) is 43.0 Å². The van der Waals surface area contributed by atoms with Crippen LogP contribution in [-0.4, -0.2) is 82.0 Å². The van der Waals surface area contributed by atoms with Crippen molar-refractivity contribution in [2.24, 2.45) is 0 Å². The average Bonchev–Trinajstić information content (AvgIpc) is 2.99. The highest BCUT2D eigenvalue weighted by Gasteiger charge is 2.39. The summed E-state index contributed by atoms with van der Waals surface area (Å²) in [5, 5.41) is 6.47. The standard InChI is InChI=1S/C29H36F6N8O4Si/c1-19(39-22-16-38-43(18-47-12-13-48(2,3)4)26(46)23(22)29(33,34)35)17-42-7-5-6-21(25(42)45)24(44)40-8-10-41(11-9-40)27-36-14-20(15-37-27)28(30,31)32/h5-7,14-16,19,39H,8-13,17-18H2,1-4H3. The van der Waals surface area contributed by atoms with E-state index >= 15 is 0 Å². The molecule has 0 radical (unpaired) electrons. The Morgan fingerprint density at radius 3 is 2.21 bits per heavy atom. The number of anilines is 2. The second-order valence-electron chi connectivity index (χ2n) is 12.6. The number of nitrogens with one attached hydrogen (secondary N) is 1. The van der Waals surface area contributed by atoms with Gasteiger partial charge in [-0.2, -0.15) is 31.4 Å². The van der Waals surface area contributed by atoms with Gasteiger partial charge in [-0.1, -0.05) is 19.6 Å². The highest BCUT2D eigenvalue weighted by atomic mass is 28.3. The molecule has 1 aliphatic rings. The molecule has 3 aromatic rings. The molecular formula is C29H36F6N8O4Si. The Morgan fingerprint density at radius 1 is 0.979 bits per heavy atom. The third-order valence-corrected chi connectivity index (χ3v) is 9.18. The number of rotatable bonds is 11. The van der Waals surface area contributed by atoms with Gasteiger partial charge < -0.3 is 24.4 Å². The second-order valence-corrected chi connectivity index (χ2v) is 18.2. The predicted octanol–water partition coefficient (Wildman–Crippen LogP) is 4.01. The lowest BCUT2D eigenvalue weighted by Gasteiger charge is -2.34. The molecule has 1 N–H and O–H groups in total. The van der Waals surface area contributed by atoms with Crippen molar-refractivity contribution in [2.45, 2.75) is 64.3 Å². The Balaban J connectivity index is 1.41. The number of amides is 1. The summed E-state index contributed by atoms with van der Waals surface area (Å²) in [7, 11) is -1.45. The van der Waals surface area contributed by atoms with Gasteiger partial charge >= 0.3 is 12.4 Å². The van der Waals surface area contributed by atoms with Crippen LogP contribution in [0.2, 0.25) is 25.7 Å². The number of hydrogen-bond acceptors (Lipinski definition) is 9. The summed E-state index contributed by atoms with van der Waals surface area (Å²) in [6.45, 7) is 8.23. The Bertz CT molecular complexity index is 1700. The third-order valence-electron chi connectivity index (χ3n) is 7.48. The van der Waals surface area contributed by atoms with Crippen molar-refractivity contribution in [3.05, 3.63) is 74.3 Å². The van der Waals surface area contributed by atoms with Crippen molar-refractivity contribution < 1.29 is 35.9 Å². The Morgan fingerprint density at radius 2 is 1.62 bits per heavy atom. The first-order chi connectivity index (χ1) is 22.3. The van der Waals surface area contributed by atoms with E-state index in [0.717, 1.165) is 12.2 Å². The van der Waals surface area contributed by atoms with Crippen LogP contribution in [0.15, 0.2) is 46.5 Å². The summed E-state index contributed by atoms with van der Waals surface area (Å²) in [4.78, 5) is 49.9. The zero-order valence-corrected chi connectivity index (χ0v) is 27.7. The predicted molar refractivity (Wildman–Crippen MR) is 167 cm³/mol. The molecule has 12 nitrogen and oxygen atoms in total. The summed E-state index contributed by atoms with van der Waals surface area (Å²) in [5.74, 6) is -0.507. The zero-order valence-electron chi connectivity index (χ0n) is 26.7. The van der Waals surface area contributed by atoms with Crippen molar-refractivity contribution in [1.29, 1.82) is 0 Å². The van der Waals surface area contributed by atoms with Crippen LogP contribution in [0.3, 0.4) is 0 Å². The SMILES string of the molecule is CC(Cn1cccc(C(=O)N2CCN(c3ncc(C(F)(F)F)cn3)CC2)c1=O)Nc1cnn(COCC[Si](C)(C)C)c(=O)c1C(F)(F)F. The van der Waals surface area contributed by atoms with E-state index in [1.807, 2.05) is 0 Å². The number of pyridine rings is 1. The number of piperazine rings is 1. The van der Waals surface area contributed by atoms with Crippen LogP contribution >= 0.6 is 0 Å². The summed E-state index contributed by atoms with van der Waals surface area (Å²) >= 11 is 0. The lowest BCUT2D eigenvalue weighted by Crippen LogP contribution is -2.50. The molecule has 1 amide bonds. The maximum absolute atomic E-state index is 14.0. The number of alkyl halides is 6. The molecule has 3 aromatic heterocycles. The zero-order chi connectivity index (χ0) is 35.4. The van der Waals surface area contributed by atoms with Gasteiger partial charge in [-0.3, -0.25) is 14.4 Å². The van der Waals surface area contributed by atoms with Crippen molar-refractivity contribution >= 4 is 25.6 Å². The molecule has 0 spiro atoms. The van der Waals surface area contributed by atoms with E-state index in [1.54, 1.807) is 4.90 Å². The van der Waals surface area contributed by atoms with Crippen LogP contribution < -0.4 is 21.3 Å². The number of ether oxygens (including phenoxy) is 1. The first kappa shape index (κ1) is 36.6. The van der Waals surface area contributed by atoms with Crippen LogP contribution in [-0.2, 0) is 30.4 Å². The number of aromatic nitrogens is 5. The lowest BCUT2D eigenvalue weighted by atomic mass is 10.2.